The summed E-state index contributed by atoms with van der Waals surface area (Å²) >= 11 is 0. The second-order valence-corrected chi connectivity index (χ2v) is 5.74. The fourth-order valence-electron chi connectivity index (χ4n) is 2.59. The summed E-state index contributed by atoms with van der Waals surface area (Å²) in [6.07, 6.45) is 1.44. The minimum atomic E-state index is -0.226. The van der Waals surface area contributed by atoms with Gasteiger partial charge in [0.25, 0.3) is 0 Å². The predicted molar refractivity (Wildman–Crippen MR) is 90.1 cm³/mol. The molecular formula is C19H24FNO2. The van der Waals surface area contributed by atoms with Gasteiger partial charge in [-0.25, -0.2) is 4.39 Å². The van der Waals surface area contributed by atoms with E-state index in [1.165, 1.54) is 12.1 Å². The van der Waals surface area contributed by atoms with Gasteiger partial charge in [-0.3, -0.25) is 0 Å². The first-order chi connectivity index (χ1) is 11.1. The van der Waals surface area contributed by atoms with Crippen molar-refractivity contribution >= 4 is 0 Å². The normalized spacial score (nSPS) is 13.6. The fraction of sp³-hybridized carbons (Fsp3) is 0.368. The Morgan fingerprint density at radius 1 is 1.09 bits per heavy atom. The Labute approximate surface area is 137 Å². The van der Waals surface area contributed by atoms with Crippen molar-refractivity contribution in [2.24, 2.45) is 0 Å². The Bertz CT molecular complexity index is 583. The summed E-state index contributed by atoms with van der Waals surface area (Å²) in [5, 5.41) is 12.7. The Morgan fingerprint density at radius 2 is 1.74 bits per heavy atom. The van der Waals surface area contributed by atoms with Crippen LogP contribution in [0.5, 0.6) is 5.75 Å². The quantitative estimate of drug-likeness (QED) is 0.783. The van der Waals surface area contributed by atoms with Crippen LogP contribution in [0.4, 0.5) is 4.39 Å². The van der Waals surface area contributed by atoms with E-state index in [1.54, 1.807) is 7.11 Å². The molecule has 0 radical (unpaired) electrons. The first kappa shape index (κ1) is 17.4. The van der Waals surface area contributed by atoms with Crippen LogP contribution in [0.3, 0.4) is 0 Å². The molecule has 0 aliphatic heterocycles. The Kier molecular flexibility index (Phi) is 6.56. The Hall–Kier alpha value is -1.91. The number of halogens is 1. The van der Waals surface area contributed by atoms with Crippen LogP contribution in [0.1, 0.15) is 30.5 Å². The van der Waals surface area contributed by atoms with Crippen LogP contribution in [0, 0.1) is 5.82 Å². The highest BCUT2D eigenvalue weighted by atomic mass is 19.1. The van der Waals surface area contributed by atoms with Gasteiger partial charge in [0, 0.05) is 18.7 Å². The van der Waals surface area contributed by atoms with Gasteiger partial charge in [0.05, 0.1) is 7.11 Å². The second kappa shape index (κ2) is 8.65. The molecule has 0 aliphatic rings. The zero-order valence-electron chi connectivity index (χ0n) is 13.6. The van der Waals surface area contributed by atoms with E-state index in [0.717, 1.165) is 23.3 Å². The molecule has 124 valence electrons. The number of aliphatic hydroxyl groups is 1. The lowest BCUT2D eigenvalue weighted by Gasteiger charge is -2.24. The van der Waals surface area contributed by atoms with Gasteiger partial charge in [-0.05, 0) is 55.2 Å². The summed E-state index contributed by atoms with van der Waals surface area (Å²) in [4.78, 5) is 0. The van der Waals surface area contributed by atoms with Crippen molar-refractivity contribution in [2.45, 2.75) is 31.8 Å². The lowest BCUT2D eigenvalue weighted by atomic mass is 9.97. The molecule has 0 aliphatic carbocycles. The highest BCUT2D eigenvalue weighted by molar-refractivity contribution is 5.30. The van der Waals surface area contributed by atoms with E-state index in [1.807, 2.05) is 36.4 Å². The summed E-state index contributed by atoms with van der Waals surface area (Å²) in [5.41, 5.74) is 2.20. The van der Waals surface area contributed by atoms with Crippen LogP contribution in [0.2, 0.25) is 0 Å². The highest BCUT2D eigenvalue weighted by Crippen LogP contribution is 2.22. The summed E-state index contributed by atoms with van der Waals surface area (Å²) in [5.74, 6) is 0.592. The van der Waals surface area contributed by atoms with Crippen LogP contribution in [0.25, 0.3) is 0 Å². The molecule has 0 saturated carbocycles. The first-order valence-electron chi connectivity index (χ1n) is 7.87. The van der Waals surface area contributed by atoms with Crippen molar-refractivity contribution in [1.82, 2.24) is 5.32 Å². The molecule has 0 amide bonds. The standard InChI is InChI=1S/C19H24FNO2/c1-14(11-12-22)21-19(13-15-3-7-17(20)8-4-15)16-5-9-18(23-2)10-6-16/h3-10,14,19,21-22H,11-13H2,1-2H3. The maximum Gasteiger partial charge on any atom is 0.123 e. The zero-order valence-corrected chi connectivity index (χ0v) is 13.6. The average molecular weight is 317 g/mol. The van der Waals surface area contributed by atoms with E-state index in [9.17, 15) is 4.39 Å². The lowest BCUT2D eigenvalue weighted by Crippen LogP contribution is -2.32. The molecule has 0 aromatic heterocycles. The topological polar surface area (TPSA) is 41.5 Å². The number of rotatable bonds is 8. The summed E-state index contributed by atoms with van der Waals surface area (Å²) in [7, 11) is 1.65. The van der Waals surface area contributed by atoms with Gasteiger partial charge in [0.15, 0.2) is 0 Å². The van der Waals surface area contributed by atoms with Crippen LogP contribution < -0.4 is 10.1 Å². The maximum atomic E-state index is 13.1. The fourth-order valence-corrected chi connectivity index (χ4v) is 2.59. The Morgan fingerprint density at radius 3 is 2.30 bits per heavy atom. The number of nitrogens with one attached hydrogen (secondary N) is 1. The number of methoxy groups -OCH3 is 1. The predicted octanol–water partition coefficient (Wildman–Crippen LogP) is 3.48. The van der Waals surface area contributed by atoms with Crippen LogP contribution in [-0.4, -0.2) is 24.9 Å². The SMILES string of the molecule is COc1ccc(C(Cc2ccc(F)cc2)NC(C)CCO)cc1. The van der Waals surface area contributed by atoms with Crippen LogP contribution in [-0.2, 0) is 6.42 Å². The van der Waals surface area contributed by atoms with Gasteiger partial charge in [-0.2, -0.15) is 0 Å². The molecule has 2 rings (SSSR count). The van der Waals surface area contributed by atoms with Crippen LogP contribution in [0.15, 0.2) is 48.5 Å². The molecule has 3 nitrogen and oxygen atoms in total. The number of hydrogen-bond acceptors (Lipinski definition) is 3. The molecule has 2 atom stereocenters. The van der Waals surface area contributed by atoms with E-state index in [-0.39, 0.29) is 24.5 Å². The minimum Gasteiger partial charge on any atom is -0.497 e. The third-order valence-corrected chi connectivity index (χ3v) is 3.92. The maximum absolute atomic E-state index is 13.1. The molecule has 0 heterocycles. The highest BCUT2D eigenvalue weighted by Gasteiger charge is 2.15. The first-order valence-corrected chi connectivity index (χ1v) is 7.87. The van der Waals surface area contributed by atoms with Crippen molar-refractivity contribution < 1.29 is 14.2 Å². The molecule has 2 unspecified atom stereocenters. The minimum absolute atomic E-state index is 0.0907. The van der Waals surface area contributed by atoms with E-state index in [0.29, 0.717) is 6.42 Å². The molecule has 2 aromatic carbocycles. The summed E-state index contributed by atoms with van der Waals surface area (Å²) in [6, 6.07) is 14.8. The molecular weight excluding hydrogens is 293 g/mol. The molecule has 0 spiro atoms. The number of benzene rings is 2. The van der Waals surface area contributed by atoms with Crippen LogP contribution >= 0.6 is 0 Å². The summed E-state index contributed by atoms with van der Waals surface area (Å²) in [6.45, 7) is 2.21. The number of hydrogen-bond donors (Lipinski definition) is 2. The molecule has 0 saturated heterocycles. The lowest BCUT2D eigenvalue weighted by molar-refractivity contribution is 0.263. The van der Waals surface area contributed by atoms with Crippen molar-refractivity contribution in [3.63, 3.8) is 0 Å². The number of ether oxygens (including phenoxy) is 1. The average Bonchev–Trinajstić information content (AvgIpc) is 2.56. The van der Waals surface area contributed by atoms with Gasteiger partial charge in [0.1, 0.15) is 11.6 Å². The molecule has 2 N–H and O–H groups in total. The molecule has 23 heavy (non-hydrogen) atoms. The van der Waals surface area contributed by atoms with E-state index in [2.05, 4.69) is 12.2 Å². The smallest absolute Gasteiger partial charge is 0.123 e. The van der Waals surface area contributed by atoms with Gasteiger partial charge in [0.2, 0.25) is 0 Å². The Balaban J connectivity index is 2.17. The van der Waals surface area contributed by atoms with Crippen molar-refractivity contribution in [3.8, 4) is 5.75 Å². The van der Waals surface area contributed by atoms with Gasteiger partial charge in [-0.1, -0.05) is 24.3 Å². The van der Waals surface area contributed by atoms with E-state index in [4.69, 9.17) is 9.84 Å². The summed E-state index contributed by atoms with van der Waals surface area (Å²) < 4.78 is 18.3. The van der Waals surface area contributed by atoms with Gasteiger partial charge >= 0.3 is 0 Å². The van der Waals surface area contributed by atoms with E-state index < -0.39 is 0 Å². The van der Waals surface area contributed by atoms with Gasteiger partial charge < -0.3 is 15.2 Å². The van der Waals surface area contributed by atoms with Crippen molar-refractivity contribution in [2.75, 3.05) is 13.7 Å². The largest absolute Gasteiger partial charge is 0.497 e. The van der Waals surface area contributed by atoms with Crippen molar-refractivity contribution in [3.05, 3.63) is 65.5 Å². The van der Waals surface area contributed by atoms with Gasteiger partial charge in [-0.15, -0.1) is 0 Å². The molecule has 4 heteroatoms. The molecule has 0 fully saturated rings. The number of aliphatic hydroxyl groups excluding tert-OH is 1. The third-order valence-electron chi connectivity index (χ3n) is 3.92. The zero-order chi connectivity index (χ0) is 16.7. The molecule has 0 bridgehead atoms. The van der Waals surface area contributed by atoms with E-state index >= 15 is 0 Å². The third kappa shape index (κ3) is 5.34. The molecule has 2 aromatic rings. The monoisotopic (exact) mass is 317 g/mol. The van der Waals surface area contributed by atoms with Crippen molar-refractivity contribution in [1.29, 1.82) is 0 Å². The second-order valence-electron chi connectivity index (χ2n) is 5.74.